The van der Waals surface area contributed by atoms with Gasteiger partial charge >= 0.3 is 0 Å². The lowest BCUT2D eigenvalue weighted by Gasteiger charge is -2.26. The number of amidine groups is 1. The van der Waals surface area contributed by atoms with Crippen LogP contribution in [-0.4, -0.2) is 29.4 Å². The number of halogens is 1. The van der Waals surface area contributed by atoms with Gasteiger partial charge in [-0.3, -0.25) is 10.1 Å². The Morgan fingerprint density at radius 3 is 2.73 bits per heavy atom. The Kier molecular flexibility index (Phi) is 3.17. The van der Waals surface area contributed by atoms with Crippen LogP contribution in [-0.2, 0) is 9.47 Å². The van der Waals surface area contributed by atoms with Gasteiger partial charge in [0.25, 0.3) is 11.6 Å². The molecule has 0 radical (unpaired) electrons. The van der Waals surface area contributed by atoms with Crippen LogP contribution in [0.15, 0.2) is 23.2 Å². The first-order valence-corrected chi connectivity index (χ1v) is 8.11. The van der Waals surface area contributed by atoms with E-state index in [0.29, 0.717) is 5.56 Å². The van der Waals surface area contributed by atoms with E-state index < -0.39 is 27.6 Å². The molecule has 1 saturated carbocycles. The van der Waals surface area contributed by atoms with Gasteiger partial charge in [0.1, 0.15) is 16.3 Å². The fraction of sp³-hybridized carbons (Fsp3) is 0.438. The van der Waals surface area contributed by atoms with Gasteiger partial charge in [-0.15, -0.1) is 0 Å². The van der Waals surface area contributed by atoms with Crippen molar-refractivity contribution in [3.63, 3.8) is 0 Å². The Morgan fingerprint density at radius 2 is 2.19 bits per heavy atom. The van der Waals surface area contributed by atoms with Crippen molar-refractivity contribution in [2.75, 3.05) is 6.61 Å². The van der Waals surface area contributed by atoms with Crippen molar-refractivity contribution < 1.29 is 14.4 Å². The predicted octanol–water partition coefficient (Wildman–Crippen LogP) is 1.83. The number of nitro groups is 1. The summed E-state index contributed by atoms with van der Waals surface area (Å²) in [6.07, 6.45) is -0.341. The second-order valence-electron chi connectivity index (χ2n) is 6.56. The number of fused-ring (bicyclic) bond motifs is 2. The molecule has 1 spiro atoms. The molecule has 3 aliphatic rings. The molecule has 2 aliphatic heterocycles. The Labute approximate surface area is 152 Å². The van der Waals surface area contributed by atoms with Crippen molar-refractivity contribution in [2.45, 2.75) is 24.9 Å². The Morgan fingerprint density at radius 1 is 1.46 bits per heavy atom. The molecule has 2 N–H and O–H groups in total. The third-order valence-electron chi connectivity index (χ3n) is 5.30. The molecule has 0 bridgehead atoms. The Bertz CT molecular complexity index is 968. The zero-order valence-electron chi connectivity index (χ0n) is 13.5. The maximum Gasteiger partial charge on any atom is 0.293 e. The average Bonchev–Trinajstić information content (AvgIpc) is 2.99. The highest BCUT2D eigenvalue weighted by molar-refractivity contribution is 6.32. The molecule has 2 fully saturated rings. The second kappa shape index (κ2) is 4.92. The van der Waals surface area contributed by atoms with Crippen LogP contribution in [0.4, 0.5) is 5.69 Å². The van der Waals surface area contributed by atoms with Gasteiger partial charge in [-0.2, -0.15) is 10.5 Å². The van der Waals surface area contributed by atoms with Gasteiger partial charge in [0, 0.05) is 12.0 Å². The van der Waals surface area contributed by atoms with Crippen LogP contribution in [0.3, 0.4) is 0 Å². The fourth-order valence-corrected chi connectivity index (χ4v) is 4.40. The van der Waals surface area contributed by atoms with Gasteiger partial charge in [-0.1, -0.05) is 17.7 Å². The number of rotatable bonds is 2. The largest absolute Gasteiger partial charge is 0.386 e. The minimum absolute atomic E-state index is 0.0417. The zero-order chi connectivity index (χ0) is 18.9. The van der Waals surface area contributed by atoms with E-state index in [2.05, 4.69) is 17.1 Å². The number of benzene rings is 1. The Hall–Kier alpha value is -2.72. The number of ether oxygens (including phenoxy) is 2. The third-order valence-corrected chi connectivity index (χ3v) is 5.62. The van der Waals surface area contributed by atoms with Crippen LogP contribution in [0.5, 0.6) is 0 Å². The summed E-state index contributed by atoms with van der Waals surface area (Å²) in [6.45, 7) is 1.94. The highest BCUT2D eigenvalue weighted by atomic mass is 35.5. The van der Waals surface area contributed by atoms with Crippen molar-refractivity contribution in [2.24, 2.45) is 21.6 Å². The first-order valence-electron chi connectivity index (χ1n) is 7.73. The van der Waals surface area contributed by atoms with E-state index in [1.165, 1.54) is 18.2 Å². The number of nitrogens with zero attached hydrogens (tertiary/aromatic N) is 4. The maximum absolute atomic E-state index is 11.2. The Balaban J connectivity index is 1.91. The summed E-state index contributed by atoms with van der Waals surface area (Å²) in [4.78, 5) is 14.8. The summed E-state index contributed by atoms with van der Waals surface area (Å²) in [5, 5.41) is 31.1. The van der Waals surface area contributed by atoms with Crippen LogP contribution in [0, 0.1) is 43.6 Å². The van der Waals surface area contributed by atoms with Gasteiger partial charge in [-0.05, 0) is 18.6 Å². The minimum Gasteiger partial charge on any atom is -0.386 e. The molecule has 5 atom stereocenters. The molecule has 9 nitrogen and oxygen atoms in total. The number of nitriles is 2. The molecule has 5 unspecified atom stereocenters. The SMILES string of the molecule is CC1COC2(N=C(N)C3(C#N)C(c4ccc(Cl)c([N+](=O)[O-])c4)C23C#N)O1. The third kappa shape index (κ3) is 1.59. The van der Waals surface area contributed by atoms with E-state index in [9.17, 15) is 20.6 Å². The first kappa shape index (κ1) is 16.7. The van der Waals surface area contributed by atoms with Gasteiger partial charge in [0.2, 0.25) is 0 Å². The first-order chi connectivity index (χ1) is 12.3. The van der Waals surface area contributed by atoms with Crippen LogP contribution >= 0.6 is 11.6 Å². The maximum atomic E-state index is 11.2. The molecule has 0 amide bonds. The minimum atomic E-state index is -1.69. The molecule has 4 rings (SSSR count). The zero-order valence-corrected chi connectivity index (χ0v) is 14.2. The fourth-order valence-electron chi connectivity index (χ4n) is 4.21. The lowest BCUT2D eigenvalue weighted by molar-refractivity contribution is -0.384. The van der Waals surface area contributed by atoms with Crippen LogP contribution in [0.25, 0.3) is 0 Å². The highest BCUT2D eigenvalue weighted by Gasteiger charge is 2.94. The standard InChI is InChI=1S/C16H12ClN5O4/c1-8-5-25-16(26-8)15(7-19)12(14(15,6-18)13(20)21-16)9-2-3-10(17)11(4-9)22(23)24/h2-4,8,12H,5H2,1H3,(H2,20,21). The van der Waals surface area contributed by atoms with E-state index in [1.54, 1.807) is 6.92 Å². The molecule has 2 heterocycles. The molecule has 1 saturated heterocycles. The number of nitro benzene ring substituents is 1. The lowest BCUT2D eigenvalue weighted by atomic mass is 9.94. The van der Waals surface area contributed by atoms with Crippen molar-refractivity contribution in [3.05, 3.63) is 38.9 Å². The molecule has 1 aromatic rings. The van der Waals surface area contributed by atoms with Gasteiger partial charge < -0.3 is 15.2 Å². The summed E-state index contributed by atoms with van der Waals surface area (Å²) in [7, 11) is 0. The molecule has 10 heteroatoms. The number of hydrogen-bond acceptors (Lipinski definition) is 8. The van der Waals surface area contributed by atoms with Crippen molar-refractivity contribution >= 4 is 23.1 Å². The van der Waals surface area contributed by atoms with Crippen molar-refractivity contribution in [1.82, 2.24) is 0 Å². The number of aliphatic imine (C=N–C) groups is 1. The van der Waals surface area contributed by atoms with Gasteiger partial charge in [-0.25, -0.2) is 4.99 Å². The average molecular weight is 374 g/mol. The molecule has 0 aromatic heterocycles. The van der Waals surface area contributed by atoms with Crippen LogP contribution < -0.4 is 5.73 Å². The van der Waals surface area contributed by atoms with E-state index in [1.807, 2.05) is 0 Å². The summed E-state index contributed by atoms with van der Waals surface area (Å²) in [5.41, 5.74) is 3.10. The highest BCUT2D eigenvalue weighted by Crippen LogP contribution is 2.82. The predicted molar refractivity (Wildman–Crippen MR) is 87.8 cm³/mol. The van der Waals surface area contributed by atoms with E-state index in [4.69, 9.17) is 26.8 Å². The van der Waals surface area contributed by atoms with Gasteiger partial charge in [0.15, 0.2) is 5.41 Å². The normalized spacial score (nSPS) is 39.8. The van der Waals surface area contributed by atoms with Crippen LogP contribution in [0.1, 0.15) is 18.4 Å². The summed E-state index contributed by atoms with van der Waals surface area (Å²) in [6, 6.07) is 8.37. The summed E-state index contributed by atoms with van der Waals surface area (Å²) >= 11 is 5.87. The molecule has 1 aromatic carbocycles. The van der Waals surface area contributed by atoms with E-state index in [0.717, 1.165) is 0 Å². The van der Waals surface area contributed by atoms with E-state index in [-0.39, 0.29) is 29.3 Å². The molecule has 132 valence electrons. The lowest BCUT2D eigenvalue weighted by Crippen LogP contribution is -2.39. The summed E-state index contributed by atoms with van der Waals surface area (Å²) < 4.78 is 11.5. The monoisotopic (exact) mass is 373 g/mol. The number of nitrogens with two attached hydrogens (primary N) is 1. The molecular formula is C16H12ClN5O4. The summed E-state index contributed by atoms with van der Waals surface area (Å²) in [5.74, 6) is -2.55. The molecule has 1 aliphatic carbocycles. The van der Waals surface area contributed by atoms with E-state index >= 15 is 0 Å². The quantitative estimate of drug-likeness (QED) is 0.613. The number of hydrogen-bond donors (Lipinski definition) is 1. The van der Waals surface area contributed by atoms with Crippen molar-refractivity contribution in [3.8, 4) is 12.1 Å². The molecular weight excluding hydrogens is 362 g/mol. The van der Waals surface area contributed by atoms with Gasteiger partial charge in [0.05, 0.1) is 29.8 Å². The smallest absolute Gasteiger partial charge is 0.293 e. The molecule has 26 heavy (non-hydrogen) atoms. The van der Waals surface area contributed by atoms with Crippen molar-refractivity contribution in [1.29, 1.82) is 10.5 Å². The second-order valence-corrected chi connectivity index (χ2v) is 6.97. The van der Waals surface area contributed by atoms with Crippen LogP contribution in [0.2, 0.25) is 5.02 Å². The topological polar surface area (TPSA) is 148 Å².